The first kappa shape index (κ1) is 14.3. The number of hydrogen-bond donors (Lipinski definition) is 1. The van der Waals surface area contributed by atoms with E-state index in [1.54, 1.807) is 12.1 Å². The standard InChI is InChI=1S/C13H14Cl2N2O2/c14-10-5-4-9(7-11(10)15)8-12-16-13(19-17-12)3-1-2-6-18/h4-5,7,18H,1-3,6,8H2. The van der Waals surface area contributed by atoms with Gasteiger partial charge in [0.15, 0.2) is 5.82 Å². The summed E-state index contributed by atoms with van der Waals surface area (Å²) in [5, 5.41) is 13.7. The van der Waals surface area contributed by atoms with E-state index in [4.69, 9.17) is 32.8 Å². The van der Waals surface area contributed by atoms with E-state index >= 15 is 0 Å². The Kier molecular flexibility index (Phi) is 5.19. The van der Waals surface area contributed by atoms with Crippen molar-refractivity contribution in [1.82, 2.24) is 10.1 Å². The third-order valence-corrected chi connectivity index (χ3v) is 3.39. The van der Waals surface area contributed by atoms with Crippen LogP contribution in [0.2, 0.25) is 10.0 Å². The molecule has 4 nitrogen and oxygen atoms in total. The monoisotopic (exact) mass is 300 g/mol. The van der Waals surface area contributed by atoms with Crippen molar-refractivity contribution >= 4 is 23.2 Å². The fourth-order valence-electron chi connectivity index (χ4n) is 1.68. The Bertz CT molecular complexity index is 543. The molecule has 2 aromatic rings. The zero-order valence-electron chi connectivity index (χ0n) is 10.3. The van der Waals surface area contributed by atoms with Crippen LogP contribution in [0.5, 0.6) is 0 Å². The Labute approximate surface area is 121 Å². The molecule has 1 aromatic heterocycles. The fourth-order valence-corrected chi connectivity index (χ4v) is 2.00. The zero-order chi connectivity index (χ0) is 13.7. The van der Waals surface area contributed by atoms with Crippen LogP contribution >= 0.6 is 23.2 Å². The van der Waals surface area contributed by atoms with E-state index in [2.05, 4.69) is 10.1 Å². The van der Waals surface area contributed by atoms with Crippen LogP contribution in [0.1, 0.15) is 30.1 Å². The average molecular weight is 301 g/mol. The molecule has 0 amide bonds. The first-order chi connectivity index (χ1) is 9.19. The second kappa shape index (κ2) is 6.89. The molecule has 102 valence electrons. The van der Waals surface area contributed by atoms with E-state index in [9.17, 15) is 0 Å². The van der Waals surface area contributed by atoms with Gasteiger partial charge in [0.25, 0.3) is 0 Å². The Balaban J connectivity index is 1.97. The molecular formula is C13H14Cl2N2O2. The number of benzene rings is 1. The second-order valence-corrected chi connectivity index (χ2v) is 5.02. The molecule has 0 spiro atoms. The SMILES string of the molecule is OCCCCc1nc(Cc2ccc(Cl)c(Cl)c2)no1. The minimum atomic E-state index is 0.185. The highest BCUT2D eigenvalue weighted by atomic mass is 35.5. The molecule has 0 fully saturated rings. The van der Waals surface area contributed by atoms with Crippen LogP contribution in [-0.4, -0.2) is 21.9 Å². The third-order valence-electron chi connectivity index (χ3n) is 2.66. The lowest BCUT2D eigenvalue weighted by Crippen LogP contribution is -1.92. The topological polar surface area (TPSA) is 59.2 Å². The van der Waals surface area contributed by atoms with Crippen LogP contribution in [0.25, 0.3) is 0 Å². The maximum Gasteiger partial charge on any atom is 0.226 e. The summed E-state index contributed by atoms with van der Waals surface area (Å²) in [5.41, 5.74) is 0.983. The Morgan fingerprint density at radius 2 is 2.00 bits per heavy atom. The van der Waals surface area contributed by atoms with Gasteiger partial charge in [-0.2, -0.15) is 4.98 Å². The lowest BCUT2D eigenvalue weighted by Gasteiger charge is -1.99. The molecule has 0 atom stereocenters. The minimum absolute atomic E-state index is 0.185. The molecule has 2 rings (SSSR count). The van der Waals surface area contributed by atoms with E-state index < -0.39 is 0 Å². The van der Waals surface area contributed by atoms with Gasteiger partial charge in [0.1, 0.15) is 0 Å². The average Bonchev–Trinajstić information content (AvgIpc) is 2.82. The molecule has 0 bridgehead atoms. The third kappa shape index (κ3) is 4.20. The van der Waals surface area contributed by atoms with Gasteiger partial charge in [0.2, 0.25) is 5.89 Å². The molecule has 19 heavy (non-hydrogen) atoms. The summed E-state index contributed by atoms with van der Waals surface area (Å²) in [4.78, 5) is 4.29. The quantitative estimate of drug-likeness (QED) is 0.832. The molecule has 0 unspecified atom stereocenters. The van der Waals surface area contributed by atoms with Crippen LogP contribution in [0.4, 0.5) is 0 Å². The largest absolute Gasteiger partial charge is 0.396 e. The highest BCUT2D eigenvalue weighted by Gasteiger charge is 2.08. The number of nitrogens with zero attached hydrogens (tertiary/aromatic N) is 2. The predicted octanol–water partition coefficient (Wildman–Crippen LogP) is 3.28. The minimum Gasteiger partial charge on any atom is -0.396 e. The van der Waals surface area contributed by atoms with Crippen molar-refractivity contribution in [2.45, 2.75) is 25.7 Å². The molecule has 0 radical (unpaired) electrons. The summed E-state index contributed by atoms with van der Waals surface area (Å²) in [6.45, 7) is 0.185. The number of rotatable bonds is 6. The first-order valence-electron chi connectivity index (χ1n) is 6.05. The van der Waals surface area contributed by atoms with Gasteiger partial charge in [-0.3, -0.25) is 0 Å². The van der Waals surface area contributed by atoms with Crippen LogP contribution < -0.4 is 0 Å². The maximum absolute atomic E-state index is 8.70. The van der Waals surface area contributed by atoms with Crippen molar-refractivity contribution in [3.63, 3.8) is 0 Å². The second-order valence-electron chi connectivity index (χ2n) is 4.21. The van der Waals surface area contributed by atoms with Gasteiger partial charge >= 0.3 is 0 Å². The molecule has 0 aliphatic rings. The number of aromatic nitrogens is 2. The predicted molar refractivity (Wildman–Crippen MR) is 73.6 cm³/mol. The number of halogens is 2. The lowest BCUT2D eigenvalue weighted by molar-refractivity contribution is 0.280. The first-order valence-corrected chi connectivity index (χ1v) is 6.81. The normalized spacial score (nSPS) is 10.9. The Morgan fingerprint density at radius 1 is 1.16 bits per heavy atom. The molecule has 0 aliphatic carbocycles. The maximum atomic E-state index is 8.70. The number of aliphatic hydroxyl groups is 1. The number of hydrogen-bond acceptors (Lipinski definition) is 4. The highest BCUT2D eigenvalue weighted by Crippen LogP contribution is 2.23. The van der Waals surface area contributed by atoms with E-state index in [1.165, 1.54) is 0 Å². The lowest BCUT2D eigenvalue weighted by atomic mass is 10.1. The van der Waals surface area contributed by atoms with E-state index in [0.29, 0.717) is 34.6 Å². The summed E-state index contributed by atoms with van der Waals surface area (Å²) in [6.07, 6.45) is 2.82. The van der Waals surface area contributed by atoms with Crippen LogP contribution in [0, 0.1) is 0 Å². The van der Waals surface area contributed by atoms with Crippen LogP contribution in [0.3, 0.4) is 0 Å². The van der Waals surface area contributed by atoms with Crippen molar-refractivity contribution in [2.24, 2.45) is 0 Å². The van der Waals surface area contributed by atoms with E-state index in [-0.39, 0.29) is 6.61 Å². The highest BCUT2D eigenvalue weighted by molar-refractivity contribution is 6.42. The molecule has 0 saturated carbocycles. The van der Waals surface area contributed by atoms with Crippen molar-refractivity contribution in [3.8, 4) is 0 Å². The van der Waals surface area contributed by atoms with Gasteiger partial charge in [-0.25, -0.2) is 0 Å². The van der Waals surface area contributed by atoms with Crippen LogP contribution in [-0.2, 0) is 12.8 Å². The molecule has 6 heteroatoms. The fraction of sp³-hybridized carbons (Fsp3) is 0.385. The van der Waals surface area contributed by atoms with Gasteiger partial charge in [-0.05, 0) is 30.5 Å². The molecule has 1 aromatic carbocycles. The summed E-state index contributed by atoms with van der Waals surface area (Å²) in [5.74, 6) is 1.22. The van der Waals surface area contributed by atoms with E-state index in [1.807, 2.05) is 6.07 Å². The molecular weight excluding hydrogens is 287 g/mol. The summed E-state index contributed by atoms with van der Waals surface area (Å²) >= 11 is 11.8. The Morgan fingerprint density at radius 3 is 2.74 bits per heavy atom. The molecule has 1 heterocycles. The Hall–Kier alpha value is -1.10. The van der Waals surface area contributed by atoms with Gasteiger partial charge in [0.05, 0.1) is 10.0 Å². The van der Waals surface area contributed by atoms with Crippen molar-refractivity contribution in [2.75, 3.05) is 6.61 Å². The summed E-state index contributed by atoms with van der Waals surface area (Å²) in [7, 11) is 0. The number of aliphatic hydroxyl groups excluding tert-OH is 1. The summed E-state index contributed by atoms with van der Waals surface area (Å²) in [6, 6.07) is 5.43. The van der Waals surface area contributed by atoms with Crippen molar-refractivity contribution in [1.29, 1.82) is 0 Å². The van der Waals surface area contributed by atoms with E-state index in [0.717, 1.165) is 18.4 Å². The molecule has 0 aliphatic heterocycles. The number of unbranched alkanes of at least 4 members (excludes halogenated alkanes) is 1. The van der Waals surface area contributed by atoms with Crippen LogP contribution in [0.15, 0.2) is 22.7 Å². The van der Waals surface area contributed by atoms with Crippen molar-refractivity contribution in [3.05, 3.63) is 45.5 Å². The molecule has 1 N–H and O–H groups in total. The number of aryl methyl sites for hydroxylation is 1. The van der Waals surface area contributed by atoms with Gasteiger partial charge in [-0.15, -0.1) is 0 Å². The van der Waals surface area contributed by atoms with Gasteiger partial charge in [-0.1, -0.05) is 34.4 Å². The van der Waals surface area contributed by atoms with Gasteiger partial charge < -0.3 is 9.63 Å². The zero-order valence-corrected chi connectivity index (χ0v) is 11.8. The van der Waals surface area contributed by atoms with Gasteiger partial charge in [0, 0.05) is 19.4 Å². The smallest absolute Gasteiger partial charge is 0.226 e. The van der Waals surface area contributed by atoms with Crippen molar-refractivity contribution < 1.29 is 9.63 Å². The molecule has 0 saturated heterocycles. The summed E-state index contributed by atoms with van der Waals surface area (Å²) < 4.78 is 5.14.